The number of carboxylic acids is 1. The summed E-state index contributed by atoms with van der Waals surface area (Å²) in [6.45, 7) is 11.2. The lowest BCUT2D eigenvalue weighted by molar-refractivity contribution is -0.146. The topological polar surface area (TPSA) is 66.4 Å². The normalized spacial score (nSPS) is 17.4. The van der Waals surface area contributed by atoms with Gasteiger partial charge in [0.25, 0.3) is 0 Å². The van der Waals surface area contributed by atoms with Crippen LogP contribution in [0.1, 0.15) is 41.5 Å². The van der Waals surface area contributed by atoms with Gasteiger partial charge in [0.1, 0.15) is 0 Å². The first kappa shape index (κ1) is 14.9. The summed E-state index contributed by atoms with van der Waals surface area (Å²) in [6, 6.07) is 0.0171. The van der Waals surface area contributed by atoms with Gasteiger partial charge < -0.3 is 10.4 Å². The van der Waals surface area contributed by atoms with E-state index >= 15 is 0 Å². The maximum Gasteiger partial charge on any atom is 0.307 e. The zero-order chi connectivity index (χ0) is 13.1. The van der Waals surface area contributed by atoms with E-state index in [-0.39, 0.29) is 17.4 Å². The minimum absolute atomic E-state index is 0.0171. The zero-order valence-electron chi connectivity index (χ0n) is 11.0. The molecule has 4 heteroatoms. The summed E-state index contributed by atoms with van der Waals surface area (Å²) in [5, 5.41) is 11.7. The minimum Gasteiger partial charge on any atom is -0.481 e. The van der Waals surface area contributed by atoms with Crippen LogP contribution in [0.25, 0.3) is 0 Å². The van der Waals surface area contributed by atoms with Gasteiger partial charge in [0, 0.05) is 12.0 Å². The number of rotatable bonds is 4. The highest BCUT2D eigenvalue weighted by molar-refractivity contribution is 5.84. The summed E-state index contributed by atoms with van der Waals surface area (Å²) in [5.41, 5.74) is -0.0260. The Morgan fingerprint density at radius 2 is 1.50 bits per heavy atom. The van der Waals surface area contributed by atoms with Gasteiger partial charge in [-0.3, -0.25) is 9.59 Å². The third-order valence-electron chi connectivity index (χ3n) is 3.21. The van der Waals surface area contributed by atoms with Crippen LogP contribution in [-0.4, -0.2) is 23.0 Å². The molecule has 0 radical (unpaired) electrons. The van der Waals surface area contributed by atoms with Crippen LogP contribution in [0.2, 0.25) is 0 Å². The van der Waals surface area contributed by atoms with Crippen LogP contribution < -0.4 is 5.32 Å². The predicted octanol–water partition coefficient (Wildman–Crippen LogP) is 1.89. The molecule has 0 bridgehead atoms. The van der Waals surface area contributed by atoms with Gasteiger partial charge in [0.05, 0.1) is 5.92 Å². The Labute approximate surface area is 97.4 Å². The van der Waals surface area contributed by atoms with Gasteiger partial charge in [-0.15, -0.1) is 0 Å². The molecule has 0 aromatic rings. The lowest BCUT2D eigenvalue weighted by Crippen LogP contribution is -2.45. The molecule has 0 aliphatic heterocycles. The number of amides is 1. The van der Waals surface area contributed by atoms with Crippen molar-refractivity contribution in [1.82, 2.24) is 5.32 Å². The molecule has 94 valence electrons. The Balaban J connectivity index is 4.43. The van der Waals surface area contributed by atoms with Gasteiger partial charge in [-0.05, 0) is 12.3 Å². The van der Waals surface area contributed by atoms with Gasteiger partial charge in [0.15, 0.2) is 0 Å². The fourth-order valence-electron chi connectivity index (χ4n) is 1.00. The van der Waals surface area contributed by atoms with Crippen molar-refractivity contribution in [2.24, 2.45) is 17.3 Å². The van der Waals surface area contributed by atoms with Crippen molar-refractivity contribution in [1.29, 1.82) is 0 Å². The van der Waals surface area contributed by atoms with E-state index in [9.17, 15) is 9.59 Å². The second-order valence-electron chi connectivity index (χ2n) is 5.51. The van der Waals surface area contributed by atoms with Crippen molar-refractivity contribution in [2.75, 3.05) is 0 Å². The molecule has 2 N–H and O–H groups in total. The fourth-order valence-corrected chi connectivity index (χ4v) is 1.00. The predicted molar refractivity (Wildman–Crippen MR) is 63.0 cm³/mol. The van der Waals surface area contributed by atoms with Crippen molar-refractivity contribution in [3.8, 4) is 0 Å². The molecule has 1 amide bonds. The zero-order valence-corrected chi connectivity index (χ0v) is 11.0. The smallest absolute Gasteiger partial charge is 0.307 e. The molecule has 0 heterocycles. The highest BCUT2D eigenvalue weighted by atomic mass is 16.4. The van der Waals surface area contributed by atoms with Crippen LogP contribution in [0, 0.1) is 17.3 Å². The molecule has 0 saturated carbocycles. The molecule has 0 aromatic carbocycles. The summed E-state index contributed by atoms with van der Waals surface area (Å²) in [4.78, 5) is 22.5. The van der Waals surface area contributed by atoms with E-state index in [1.165, 1.54) is 0 Å². The summed E-state index contributed by atoms with van der Waals surface area (Å²) in [7, 11) is 0. The van der Waals surface area contributed by atoms with Crippen molar-refractivity contribution >= 4 is 11.9 Å². The molecule has 3 atom stereocenters. The monoisotopic (exact) mass is 229 g/mol. The lowest BCUT2D eigenvalue weighted by atomic mass is 9.87. The van der Waals surface area contributed by atoms with E-state index in [1.807, 2.05) is 27.7 Å². The second-order valence-corrected chi connectivity index (χ2v) is 5.51. The number of hydrogen-bond acceptors (Lipinski definition) is 2. The number of carbonyl (C=O) groups excluding carboxylic acids is 1. The van der Waals surface area contributed by atoms with Crippen molar-refractivity contribution in [3.05, 3.63) is 0 Å². The quantitative estimate of drug-likeness (QED) is 0.773. The Kier molecular flexibility index (Phi) is 4.97. The Bertz CT molecular complexity index is 268. The van der Waals surface area contributed by atoms with E-state index < -0.39 is 17.8 Å². The first-order chi connectivity index (χ1) is 7.07. The third kappa shape index (κ3) is 4.21. The molecule has 0 aromatic heterocycles. The first-order valence-corrected chi connectivity index (χ1v) is 5.60. The summed E-state index contributed by atoms with van der Waals surface area (Å²) < 4.78 is 0. The average Bonchev–Trinajstić information content (AvgIpc) is 2.13. The fraction of sp³-hybridized carbons (Fsp3) is 0.833. The number of hydrogen-bond donors (Lipinski definition) is 2. The Morgan fingerprint density at radius 1 is 1.06 bits per heavy atom. The van der Waals surface area contributed by atoms with Gasteiger partial charge in [-0.25, -0.2) is 0 Å². The second kappa shape index (κ2) is 5.32. The van der Waals surface area contributed by atoms with Gasteiger partial charge in [-0.1, -0.05) is 34.6 Å². The maximum atomic E-state index is 11.8. The summed E-state index contributed by atoms with van der Waals surface area (Å²) in [5.74, 6) is -2.31. The van der Waals surface area contributed by atoms with E-state index in [0.29, 0.717) is 0 Å². The van der Waals surface area contributed by atoms with Gasteiger partial charge in [0.2, 0.25) is 5.91 Å². The molecule has 0 fully saturated rings. The summed E-state index contributed by atoms with van der Waals surface area (Å²) in [6.07, 6.45) is 0. The largest absolute Gasteiger partial charge is 0.481 e. The first-order valence-electron chi connectivity index (χ1n) is 5.60. The Hall–Kier alpha value is -1.06. The highest BCUT2D eigenvalue weighted by Gasteiger charge is 2.29. The van der Waals surface area contributed by atoms with Crippen LogP contribution in [-0.2, 0) is 9.59 Å². The van der Waals surface area contributed by atoms with Crippen LogP contribution >= 0.6 is 0 Å². The molecule has 3 unspecified atom stereocenters. The molecule has 0 aliphatic rings. The lowest BCUT2D eigenvalue weighted by Gasteiger charge is -2.29. The van der Waals surface area contributed by atoms with E-state index in [1.54, 1.807) is 13.8 Å². The number of carbonyl (C=O) groups is 2. The van der Waals surface area contributed by atoms with Crippen molar-refractivity contribution < 1.29 is 14.7 Å². The van der Waals surface area contributed by atoms with Crippen LogP contribution in [0.5, 0.6) is 0 Å². The molecule has 16 heavy (non-hydrogen) atoms. The Morgan fingerprint density at radius 3 is 1.81 bits per heavy atom. The maximum absolute atomic E-state index is 11.8. The molecular weight excluding hydrogens is 206 g/mol. The molecule has 0 spiro atoms. The van der Waals surface area contributed by atoms with Crippen molar-refractivity contribution in [2.45, 2.75) is 47.6 Å². The van der Waals surface area contributed by atoms with Gasteiger partial charge in [-0.2, -0.15) is 0 Å². The van der Waals surface area contributed by atoms with E-state index in [0.717, 1.165) is 0 Å². The number of nitrogens with one attached hydrogen (secondary N) is 1. The average molecular weight is 229 g/mol. The van der Waals surface area contributed by atoms with E-state index in [2.05, 4.69) is 5.32 Å². The number of carboxylic acid groups (broad SMARTS) is 1. The van der Waals surface area contributed by atoms with Crippen LogP contribution in [0.15, 0.2) is 0 Å². The third-order valence-corrected chi connectivity index (χ3v) is 3.21. The number of aliphatic carboxylic acids is 1. The molecule has 0 aliphatic carbocycles. The molecule has 0 saturated heterocycles. The minimum atomic E-state index is -0.939. The molecule has 4 nitrogen and oxygen atoms in total. The van der Waals surface area contributed by atoms with Crippen LogP contribution in [0.3, 0.4) is 0 Å². The summed E-state index contributed by atoms with van der Waals surface area (Å²) >= 11 is 0. The van der Waals surface area contributed by atoms with Crippen LogP contribution in [0.4, 0.5) is 0 Å². The molecular formula is C12H23NO3. The standard InChI is InChI=1S/C12H23NO3/c1-7(8(2)11(15)16)10(14)13-9(3)12(4,5)6/h7-9H,1-6H3,(H,13,14)(H,15,16). The van der Waals surface area contributed by atoms with Gasteiger partial charge >= 0.3 is 5.97 Å². The van der Waals surface area contributed by atoms with E-state index in [4.69, 9.17) is 5.11 Å². The highest BCUT2D eigenvalue weighted by Crippen LogP contribution is 2.20. The molecule has 0 rings (SSSR count). The van der Waals surface area contributed by atoms with Crippen molar-refractivity contribution in [3.63, 3.8) is 0 Å². The SMILES string of the molecule is CC(C(=O)O)C(C)C(=O)NC(C)C(C)(C)C.